The highest BCUT2D eigenvalue weighted by molar-refractivity contribution is 4.39. The van der Waals surface area contributed by atoms with Crippen molar-refractivity contribution in [1.29, 1.82) is 0 Å². The molecule has 0 aliphatic rings. The van der Waals surface area contributed by atoms with Crippen LogP contribution < -0.4 is 5.32 Å². The van der Waals surface area contributed by atoms with Crippen molar-refractivity contribution < 1.29 is 0 Å². The Balaban J connectivity index is 2.19. The molecule has 5 heavy (non-hydrogen) atoms. The van der Waals surface area contributed by atoms with Gasteiger partial charge in [-0.2, -0.15) is 0 Å². The zero-order chi connectivity index (χ0) is 4.12. The lowest BCUT2D eigenvalue weighted by molar-refractivity contribution is 0.798. The van der Waals surface area contributed by atoms with Gasteiger partial charge in [-0.15, -0.1) is 0 Å². The van der Waals surface area contributed by atoms with Crippen molar-refractivity contribution >= 4 is 0 Å². The molecule has 1 radical (unpaired) electrons. The lowest BCUT2D eigenvalue weighted by Crippen LogP contribution is -2.10. The molecule has 0 amide bonds. The standard InChI is InChI=1S/C4H10N/c1-3-5-4-2/h5H,1,3-4H2,2H3. The van der Waals surface area contributed by atoms with Crippen LogP contribution in [0.15, 0.2) is 0 Å². The zero-order valence-corrected chi connectivity index (χ0v) is 3.62. The van der Waals surface area contributed by atoms with E-state index in [1.54, 1.807) is 0 Å². The molecule has 0 aliphatic carbocycles. The van der Waals surface area contributed by atoms with Crippen molar-refractivity contribution in [3.8, 4) is 0 Å². The van der Waals surface area contributed by atoms with Gasteiger partial charge in [-0.3, -0.25) is 0 Å². The maximum atomic E-state index is 3.56. The van der Waals surface area contributed by atoms with Crippen LogP contribution in [0.2, 0.25) is 0 Å². The van der Waals surface area contributed by atoms with Crippen molar-refractivity contribution in [1.82, 2.24) is 5.32 Å². The van der Waals surface area contributed by atoms with Gasteiger partial charge in [0.05, 0.1) is 0 Å². The molecule has 0 rings (SSSR count). The Morgan fingerprint density at radius 1 is 1.80 bits per heavy atom. The van der Waals surface area contributed by atoms with Gasteiger partial charge in [0.25, 0.3) is 0 Å². The summed E-state index contributed by atoms with van der Waals surface area (Å²) < 4.78 is 0. The van der Waals surface area contributed by atoms with E-state index in [0.29, 0.717) is 0 Å². The Morgan fingerprint density at radius 3 is 2.40 bits per heavy atom. The lowest BCUT2D eigenvalue weighted by atomic mass is 10.7. The fraction of sp³-hybridized carbons (Fsp3) is 0.750. The molecule has 1 N–H and O–H groups in total. The molecular formula is C4H10N. The second-order valence-corrected chi connectivity index (χ2v) is 0.854. The minimum Gasteiger partial charge on any atom is -0.317 e. The zero-order valence-electron chi connectivity index (χ0n) is 3.62. The first kappa shape index (κ1) is 4.96. The number of hydrogen-bond acceptors (Lipinski definition) is 1. The molecule has 0 saturated carbocycles. The fourth-order valence-corrected chi connectivity index (χ4v) is 0.177. The third-order valence-corrected chi connectivity index (χ3v) is 0.427. The maximum Gasteiger partial charge on any atom is -0.00486 e. The fourth-order valence-electron chi connectivity index (χ4n) is 0.177. The van der Waals surface area contributed by atoms with Crippen molar-refractivity contribution in [2.45, 2.75) is 6.92 Å². The molecule has 0 atom stereocenters. The molecule has 0 aromatic heterocycles. The minimum atomic E-state index is 0.844. The van der Waals surface area contributed by atoms with Crippen molar-refractivity contribution in [2.75, 3.05) is 13.1 Å². The summed E-state index contributed by atoms with van der Waals surface area (Å²) in [6, 6.07) is 0. The smallest absolute Gasteiger partial charge is 0.00486 e. The molecule has 0 unspecified atom stereocenters. The molecule has 0 fully saturated rings. The van der Waals surface area contributed by atoms with E-state index in [4.69, 9.17) is 0 Å². The van der Waals surface area contributed by atoms with Crippen LogP contribution in [-0.2, 0) is 0 Å². The first-order chi connectivity index (χ1) is 2.41. The number of rotatable bonds is 2. The van der Waals surface area contributed by atoms with E-state index in [1.165, 1.54) is 0 Å². The maximum absolute atomic E-state index is 3.56. The second-order valence-electron chi connectivity index (χ2n) is 0.854. The van der Waals surface area contributed by atoms with Crippen molar-refractivity contribution in [3.05, 3.63) is 6.92 Å². The monoisotopic (exact) mass is 72.1 g/mol. The van der Waals surface area contributed by atoms with Gasteiger partial charge in [-0.05, 0) is 20.0 Å². The second kappa shape index (κ2) is 3.96. The van der Waals surface area contributed by atoms with Gasteiger partial charge < -0.3 is 5.32 Å². The van der Waals surface area contributed by atoms with Crippen LogP contribution >= 0.6 is 0 Å². The van der Waals surface area contributed by atoms with Crippen LogP contribution in [0.1, 0.15) is 6.92 Å². The van der Waals surface area contributed by atoms with Gasteiger partial charge >= 0.3 is 0 Å². The van der Waals surface area contributed by atoms with E-state index in [1.807, 2.05) is 0 Å². The summed E-state index contributed by atoms with van der Waals surface area (Å²) in [5.74, 6) is 0. The molecule has 1 nitrogen and oxygen atoms in total. The predicted molar refractivity (Wildman–Crippen MR) is 23.9 cm³/mol. The van der Waals surface area contributed by atoms with Gasteiger partial charge in [0.15, 0.2) is 0 Å². The van der Waals surface area contributed by atoms with Crippen LogP contribution in [0, 0.1) is 6.92 Å². The normalized spacial score (nSPS) is 8.40. The van der Waals surface area contributed by atoms with Crippen LogP contribution in [0.5, 0.6) is 0 Å². The molecule has 0 aromatic carbocycles. The van der Waals surface area contributed by atoms with Crippen LogP contribution in [0.4, 0.5) is 0 Å². The summed E-state index contributed by atoms with van der Waals surface area (Å²) in [7, 11) is 0. The summed E-state index contributed by atoms with van der Waals surface area (Å²) in [4.78, 5) is 0. The van der Waals surface area contributed by atoms with Crippen LogP contribution in [0.25, 0.3) is 0 Å². The predicted octanol–water partition coefficient (Wildman–Crippen LogP) is 0.430. The van der Waals surface area contributed by atoms with Crippen molar-refractivity contribution in [2.24, 2.45) is 0 Å². The topological polar surface area (TPSA) is 12.0 Å². The quantitative estimate of drug-likeness (QED) is 0.499. The van der Waals surface area contributed by atoms with E-state index in [0.717, 1.165) is 13.1 Å². The Kier molecular flexibility index (Phi) is 3.93. The van der Waals surface area contributed by atoms with Gasteiger partial charge in [0.2, 0.25) is 0 Å². The Morgan fingerprint density at radius 2 is 2.40 bits per heavy atom. The summed E-state index contributed by atoms with van der Waals surface area (Å²) in [6.45, 7) is 7.50. The van der Waals surface area contributed by atoms with Gasteiger partial charge in [-0.1, -0.05) is 6.92 Å². The van der Waals surface area contributed by atoms with E-state index in [-0.39, 0.29) is 0 Å². The Labute approximate surface area is 33.4 Å². The largest absolute Gasteiger partial charge is 0.317 e. The summed E-state index contributed by atoms with van der Waals surface area (Å²) in [5, 5.41) is 3.00. The highest BCUT2D eigenvalue weighted by Gasteiger charge is 1.63. The average molecular weight is 72.1 g/mol. The minimum absolute atomic E-state index is 0.844. The first-order valence-corrected chi connectivity index (χ1v) is 1.91. The molecule has 31 valence electrons. The lowest BCUT2D eigenvalue weighted by Gasteiger charge is -1.86. The van der Waals surface area contributed by atoms with Crippen LogP contribution in [0.3, 0.4) is 0 Å². The number of hydrogen-bond donors (Lipinski definition) is 1. The summed E-state index contributed by atoms with van der Waals surface area (Å²) >= 11 is 0. The molecule has 1 heteroatoms. The van der Waals surface area contributed by atoms with E-state index >= 15 is 0 Å². The molecule has 0 aromatic rings. The SMILES string of the molecule is [CH2]CNCC. The van der Waals surface area contributed by atoms with Gasteiger partial charge in [0, 0.05) is 0 Å². The highest BCUT2D eigenvalue weighted by atomic mass is 14.8. The molecule has 0 spiro atoms. The van der Waals surface area contributed by atoms with Gasteiger partial charge in [0.1, 0.15) is 0 Å². The molecular weight excluding hydrogens is 62.1 g/mol. The molecule has 0 bridgehead atoms. The average Bonchev–Trinajstić information content (AvgIpc) is 1.41. The van der Waals surface area contributed by atoms with E-state index < -0.39 is 0 Å². The third-order valence-electron chi connectivity index (χ3n) is 0.427. The first-order valence-electron chi connectivity index (χ1n) is 1.91. The van der Waals surface area contributed by atoms with Gasteiger partial charge in [-0.25, -0.2) is 0 Å². The molecule has 0 heterocycles. The number of nitrogens with one attached hydrogen (secondary N) is 1. The Hall–Kier alpha value is -0.0400. The van der Waals surface area contributed by atoms with Crippen molar-refractivity contribution in [3.63, 3.8) is 0 Å². The molecule has 0 aliphatic heterocycles. The summed E-state index contributed by atoms with van der Waals surface area (Å²) in [5.41, 5.74) is 0. The van der Waals surface area contributed by atoms with E-state index in [2.05, 4.69) is 19.2 Å². The highest BCUT2D eigenvalue weighted by Crippen LogP contribution is 1.46. The third kappa shape index (κ3) is 3.96. The van der Waals surface area contributed by atoms with E-state index in [9.17, 15) is 0 Å². The van der Waals surface area contributed by atoms with Crippen LogP contribution in [-0.4, -0.2) is 13.1 Å². The molecule has 0 saturated heterocycles. The Bertz CT molecular complexity index is 11.1. The summed E-state index contributed by atoms with van der Waals surface area (Å²) in [6.07, 6.45) is 0.